The van der Waals surface area contributed by atoms with Crippen LogP contribution < -0.4 is 0 Å². The van der Waals surface area contributed by atoms with Gasteiger partial charge < -0.3 is 0 Å². The van der Waals surface area contributed by atoms with Gasteiger partial charge in [0.25, 0.3) is 0 Å². The second kappa shape index (κ2) is 8.67. The van der Waals surface area contributed by atoms with E-state index in [1.165, 1.54) is 18.2 Å². The largest absolute Gasteiger partial charge is 0.310 e. The molecular weight excluding hydrogens is 431 g/mol. The molecule has 0 aliphatic heterocycles. The Morgan fingerprint density at radius 1 is 0.613 bits per heavy atom. The van der Waals surface area contributed by atoms with Crippen molar-refractivity contribution in [3.63, 3.8) is 0 Å². The maximum Gasteiger partial charge on any atom is 0.310 e. The summed E-state index contributed by atoms with van der Waals surface area (Å²) in [6, 6.07) is 31.3. The summed E-state index contributed by atoms with van der Waals surface area (Å²) < 4.78 is 47.4. The maximum atomic E-state index is 14.5. The first-order chi connectivity index (χ1) is 14.9. The minimum absolute atomic E-state index is 0.481. The summed E-state index contributed by atoms with van der Waals surface area (Å²) >= 11 is 0. The van der Waals surface area contributed by atoms with E-state index in [0.717, 1.165) is 11.6 Å². The topological polar surface area (TPSA) is 43.4 Å². The Hall–Kier alpha value is -2.93. The van der Waals surface area contributed by atoms with Gasteiger partial charge in [-0.1, -0.05) is 66.2 Å². The molecule has 4 rings (SSSR count). The highest BCUT2D eigenvalue weighted by Gasteiger charge is 2.38. The van der Waals surface area contributed by atoms with E-state index < -0.39 is 31.1 Å². The van der Waals surface area contributed by atoms with Gasteiger partial charge in [0.15, 0.2) is 0 Å². The van der Waals surface area contributed by atoms with E-state index in [2.05, 4.69) is 0 Å². The lowest BCUT2D eigenvalue weighted by molar-refractivity contribution is 0.496. The molecular formula is C25H21FO3S2. The molecule has 0 bridgehead atoms. The van der Waals surface area contributed by atoms with Crippen molar-refractivity contribution in [2.75, 3.05) is 0 Å². The molecule has 0 aromatic heterocycles. The molecule has 0 amide bonds. The van der Waals surface area contributed by atoms with Crippen LogP contribution in [-0.2, 0) is 13.7 Å². The predicted octanol–water partition coefficient (Wildman–Crippen LogP) is 6.74. The lowest BCUT2D eigenvalue weighted by Gasteiger charge is -2.39. The molecule has 3 nitrogen and oxygen atoms in total. The highest BCUT2D eigenvalue weighted by atomic mass is 32.3. The Balaban J connectivity index is 2.03. The molecule has 0 saturated carbocycles. The summed E-state index contributed by atoms with van der Waals surface area (Å²) in [5, 5.41) is 0. The summed E-state index contributed by atoms with van der Waals surface area (Å²) in [5.74, 6) is -0.846. The molecule has 0 heterocycles. The third-order valence-electron chi connectivity index (χ3n) is 4.80. The van der Waals surface area contributed by atoms with Crippen LogP contribution in [0.1, 0.15) is 5.56 Å². The molecule has 0 atom stereocenters. The number of hydrogen-bond donors (Lipinski definition) is 0. The SMILES string of the molecule is Cc1ccc(S(OS(=O)(=O)c2ccccc2F)(c2ccccc2)c2ccccc2)cc1. The first-order valence-electron chi connectivity index (χ1n) is 9.64. The van der Waals surface area contributed by atoms with Crippen molar-refractivity contribution >= 4 is 20.4 Å². The second-order valence-corrected chi connectivity index (χ2v) is 11.4. The van der Waals surface area contributed by atoms with Gasteiger partial charge in [-0.05, 0) is 65.8 Å². The van der Waals surface area contributed by atoms with Crippen LogP contribution in [0.2, 0.25) is 0 Å². The van der Waals surface area contributed by atoms with Crippen LogP contribution in [0.5, 0.6) is 0 Å². The molecule has 6 heteroatoms. The smallest absolute Gasteiger partial charge is 0.205 e. The first kappa shape index (κ1) is 21.3. The van der Waals surface area contributed by atoms with Crippen LogP contribution in [-0.4, -0.2) is 8.42 Å². The fraction of sp³-hybridized carbons (Fsp3) is 0.0400. The van der Waals surface area contributed by atoms with Gasteiger partial charge in [-0.25, -0.2) is 8.02 Å². The summed E-state index contributed by atoms with van der Waals surface area (Å²) in [4.78, 5) is 1.62. The van der Waals surface area contributed by atoms with E-state index >= 15 is 0 Å². The van der Waals surface area contributed by atoms with Crippen LogP contribution in [0.3, 0.4) is 0 Å². The number of benzene rings is 4. The normalized spacial score (nSPS) is 12.5. The van der Waals surface area contributed by atoms with E-state index in [1.54, 1.807) is 0 Å². The monoisotopic (exact) mass is 452 g/mol. The van der Waals surface area contributed by atoms with E-state index in [-0.39, 0.29) is 0 Å². The Bertz CT molecular complexity index is 1230. The Morgan fingerprint density at radius 2 is 1.06 bits per heavy atom. The number of aryl methyl sites for hydroxylation is 1. The quantitative estimate of drug-likeness (QED) is 0.325. The van der Waals surface area contributed by atoms with Crippen molar-refractivity contribution in [3.8, 4) is 0 Å². The minimum atomic E-state index is -4.44. The summed E-state index contributed by atoms with van der Waals surface area (Å²) in [6.07, 6.45) is 0. The van der Waals surface area contributed by atoms with E-state index in [9.17, 15) is 12.8 Å². The fourth-order valence-corrected chi connectivity index (χ4v) is 8.58. The molecule has 0 unspecified atom stereocenters. The predicted molar refractivity (Wildman–Crippen MR) is 121 cm³/mol. The highest BCUT2D eigenvalue weighted by Crippen LogP contribution is 2.70. The van der Waals surface area contributed by atoms with Gasteiger partial charge in [0.2, 0.25) is 0 Å². The van der Waals surface area contributed by atoms with Gasteiger partial charge in [-0.2, -0.15) is 8.42 Å². The van der Waals surface area contributed by atoms with E-state index in [0.29, 0.717) is 14.7 Å². The zero-order valence-corrected chi connectivity index (χ0v) is 18.4. The molecule has 0 fully saturated rings. The Kier molecular flexibility index (Phi) is 5.96. The average molecular weight is 453 g/mol. The summed E-state index contributed by atoms with van der Waals surface area (Å²) in [7, 11) is -7.17. The standard InChI is InChI=1S/C25H21FO3S2/c1-20-16-18-23(19-17-20)30(21-10-4-2-5-11-21,22-12-6-3-7-13-22)29-31(27,28)25-15-9-8-14-24(25)26/h2-19H,1H3. The maximum absolute atomic E-state index is 14.5. The summed E-state index contributed by atoms with van der Waals surface area (Å²) in [6.45, 7) is 1.96. The molecule has 0 radical (unpaired) electrons. The van der Waals surface area contributed by atoms with Crippen molar-refractivity contribution in [1.29, 1.82) is 0 Å². The van der Waals surface area contributed by atoms with Crippen LogP contribution in [0.15, 0.2) is 129 Å². The van der Waals surface area contributed by atoms with Gasteiger partial charge in [0.05, 0.1) is 0 Å². The van der Waals surface area contributed by atoms with Crippen molar-refractivity contribution in [1.82, 2.24) is 0 Å². The van der Waals surface area contributed by atoms with Gasteiger partial charge in [0.1, 0.15) is 10.7 Å². The Morgan fingerprint density at radius 3 is 1.58 bits per heavy atom. The van der Waals surface area contributed by atoms with Crippen molar-refractivity contribution in [3.05, 3.63) is 121 Å². The van der Waals surface area contributed by atoms with Gasteiger partial charge in [-0.3, -0.25) is 0 Å². The number of halogens is 1. The molecule has 4 aromatic carbocycles. The van der Waals surface area contributed by atoms with Gasteiger partial charge >= 0.3 is 10.1 Å². The molecule has 0 aliphatic carbocycles. The van der Waals surface area contributed by atoms with E-state index in [1.807, 2.05) is 91.9 Å². The summed E-state index contributed by atoms with van der Waals surface area (Å²) in [5.41, 5.74) is 1.04. The molecule has 0 aliphatic rings. The van der Waals surface area contributed by atoms with Crippen LogP contribution in [0, 0.1) is 12.7 Å². The van der Waals surface area contributed by atoms with Crippen molar-refractivity contribution in [2.24, 2.45) is 0 Å². The first-order valence-corrected chi connectivity index (χ1v) is 12.6. The molecule has 0 saturated heterocycles. The van der Waals surface area contributed by atoms with E-state index in [4.69, 9.17) is 3.63 Å². The van der Waals surface area contributed by atoms with Gasteiger partial charge in [-0.15, -0.1) is 0 Å². The third-order valence-corrected chi connectivity index (χ3v) is 10.0. The third kappa shape index (κ3) is 4.14. The zero-order valence-electron chi connectivity index (χ0n) is 16.8. The molecule has 158 valence electrons. The van der Waals surface area contributed by atoms with Crippen molar-refractivity contribution < 1.29 is 16.4 Å². The van der Waals surface area contributed by atoms with Crippen LogP contribution in [0.4, 0.5) is 4.39 Å². The van der Waals surface area contributed by atoms with Crippen molar-refractivity contribution in [2.45, 2.75) is 26.5 Å². The molecule has 4 aromatic rings. The molecule has 31 heavy (non-hydrogen) atoms. The molecule has 0 N–H and O–H groups in total. The van der Waals surface area contributed by atoms with Crippen LogP contribution in [0.25, 0.3) is 0 Å². The lowest BCUT2D eigenvalue weighted by Crippen LogP contribution is -2.15. The van der Waals surface area contributed by atoms with Gasteiger partial charge in [0, 0.05) is 14.7 Å². The highest BCUT2D eigenvalue weighted by molar-refractivity contribution is 8.33. The lowest BCUT2D eigenvalue weighted by atomic mass is 10.2. The minimum Gasteiger partial charge on any atom is -0.205 e. The fourth-order valence-electron chi connectivity index (χ4n) is 3.30. The zero-order chi connectivity index (χ0) is 21.9. The average Bonchev–Trinajstić information content (AvgIpc) is 2.79. The van der Waals surface area contributed by atoms with Crippen LogP contribution >= 0.6 is 10.3 Å². The number of hydrogen-bond acceptors (Lipinski definition) is 3. The molecule has 0 spiro atoms. The Labute approximate surface area is 183 Å². The second-order valence-electron chi connectivity index (χ2n) is 6.95. The number of rotatable bonds is 6.